The molecule has 6 nitrogen and oxygen atoms in total. The SMILES string of the molecule is CN1OCC(S(=O)(=O)NCCc2ccccc2)C1c1ccnc2ccccc12. The summed E-state index contributed by atoms with van der Waals surface area (Å²) < 4.78 is 28.9. The van der Waals surface area contributed by atoms with Crippen LogP contribution < -0.4 is 4.72 Å². The number of rotatable bonds is 6. The largest absolute Gasteiger partial charge is 0.297 e. The van der Waals surface area contributed by atoms with E-state index in [1.807, 2.05) is 60.7 Å². The number of hydrogen-bond acceptors (Lipinski definition) is 5. The summed E-state index contributed by atoms with van der Waals surface area (Å²) in [4.78, 5) is 10.0. The van der Waals surface area contributed by atoms with Crippen molar-refractivity contribution in [2.24, 2.45) is 0 Å². The maximum atomic E-state index is 13.1. The molecule has 4 rings (SSSR count). The molecule has 1 aliphatic heterocycles. The van der Waals surface area contributed by atoms with Crippen LogP contribution in [0.25, 0.3) is 10.9 Å². The van der Waals surface area contributed by atoms with E-state index in [0.717, 1.165) is 22.0 Å². The lowest BCUT2D eigenvalue weighted by molar-refractivity contribution is -0.110. The minimum Gasteiger partial charge on any atom is -0.297 e. The molecule has 2 aromatic carbocycles. The number of pyridine rings is 1. The van der Waals surface area contributed by atoms with Gasteiger partial charge in [-0.15, -0.1) is 0 Å². The van der Waals surface area contributed by atoms with Crippen molar-refractivity contribution in [2.75, 3.05) is 20.2 Å². The van der Waals surface area contributed by atoms with Gasteiger partial charge in [-0.25, -0.2) is 13.1 Å². The van der Waals surface area contributed by atoms with Gasteiger partial charge in [0.25, 0.3) is 0 Å². The van der Waals surface area contributed by atoms with E-state index < -0.39 is 21.3 Å². The summed E-state index contributed by atoms with van der Waals surface area (Å²) in [6.07, 6.45) is 2.36. The van der Waals surface area contributed by atoms with Crippen molar-refractivity contribution < 1.29 is 13.3 Å². The van der Waals surface area contributed by atoms with E-state index in [4.69, 9.17) is 4.84 Å². The lowest BCUT2D eigenvalue weighted by atomic mass is 10.00. The predicted octanol–water partition coefficient (Wildman–Crippen LogP) is 2.68. The number of nitrogens with one attached hydrogen (secondary N) is 1. The maximum Gasteiger partial charge on any atom is 0.218 e. The average Bonchev–Trinajstić information content (AvgIpc) is 3.10. The number of fused-ring (bicyclic) bond motifs is 1. The fourth-order valence-corrected chi connectivity index (χ4v) is 5.22. The van der Waals surface area contributed by atoms with E-state index in [-0.39, 0.29) is 6.61 Å². The van der Waals surface area contributed by atoms with Gasteiger partial charge in [-0.2, -0.15) is 5.06 Å². The van der Waals surface area contributed by atoms with Crippen LogP contribution in [0.15, 0.2) is 66.9 Å². The first-order chi connectivity index (χ1) is 13.6. The number of para-hydroxylation sites is 1. The van der Waals surface area contributed by atoms with Gasteiger partial charge in [-0.1, -0.05) is 48.5 Å². The van der Waals surface area contributed by atoms with Gasteiger partial charge in [-0.3, -0.25) is 9.82 Å². The predicted molar refractivity (Wildman–Crippen MR) is 109 cm³/mol. The van der Waals surface area contributed by atoms with Crippen LogP contribution in [0.3, 0.4) is 0 Å². The van der Waals surface area contributed by atoms with Crippen molar-refractivity contribution >= 4 is 20.9 Å². The summed E-state index contributed by atoms with van der Waals surface area (Å²) in [5.74, 6) is 0. The van der Waals surface area contributed by atoms with Crippen molar-refractivity contribution in [1.82, 2.24) is 14.8 Å². The van der Waals surface area contributed by atoms with E-state index in [0.29, 0.717) is 13.0 Å². The van der Waals surface area contributed by atoms with E-state index in [2.05, 4.69) is 9.71 Å². The molecule has 0 bridgehead atoms. The Balaban J connectivity index is 1.57. The second kappa shape index (κ2) is 7.97. The fourth-order valence-electron chi connectivity index (χ4n) is 3.72. The Bertz CT molecular complexity index is 1050. The van der Waals surface area contributed by atoms with E-state index >= 15 is 0 Å². The second-order valence-corrected chi connectivity index (χ2v) is 8.90. The smallest absolute Gasteiger partial charge is 0.218 e. The van der Waals surface area contributed by atoms with Gasteiger partial charge >= 0.3 is 0 Å². The van der Waals surface area contributed by atoms with Crippen LogP contribution in [-0.4, -0.2) is 43.9 Å². The molecule has 1 aliphatic rings. The zero-order valence-corrected chi connectivity index (χ0v) is 16.5. The van der Waals surface area contributed by atoms with Gasteiger partial charge in [0.2, 0.25) is 10.0 Å². The van der Waals surface area contributed by atoms with Crippen molar-refractivity contribution in [3.8, 4) is 0 Å². The molecule has 0 aliphatic carbocycles. The molecule has 3 aromatic rings. The normalized spacial score (nSPS) is 20.6. The van der Waals surface area contributed by atoms with Crippen LogP contribution in [0.1, 0.15) is 17.2 Å². The molecule has 1 fully saturated rings. The summed E-state index contributed by atoms with van der Waals surface area (Å²) in [6, 6.07) is 19.1. The molecule has 0 spiro atoms. The zero-order chi connectivity index (χ0) is 19.6. The highest BCUT2D eigenvalue weighted by molar-refractivity contribution is 7.90. The monoisotopic (exact) mass is 397 g/mol. The Morgan fingerprint density at radius 3 is 2.68 bits per heavy atom. The van der Waals surface area contributed by atoms with Crippen LogP contribution in [-0.2, 0) is 21.3 Å². The second-order valence-electron chi connectivity index (χ2n) is 6.92. The molecular formula is C21H23N3O3S. The van der Waals surface area contributed by atoms with Crippen molar-refractivity contribution in [1.29, 1.82) is 0 Å². The summed E-state index contributed by atoms with van der Waals surface area (Å²) >= 11 is 0. The van der Waals surface area contributed by atoms with Crippen LogP contribution >= 0.6 is 0 Å². The van der Waals surface area contributed by atoms with Gasteiger partial charge in [-0.05, 0) is 29.7 Å². The first kappa shape index (κ1) is 19.0. The van der Waals surface area contributed by atoms with Gasteiger partial charge in [0.1, 0.15) is 5.25 Å². The average molecular weight is 398 g/mol. The van der Waals surface area contributed by atoms with Crippen LogP contribution in [0.2, 0.25) is 0 Å². The molecule has 7 heteroatoms. The lowest BCUT2D eigenvalue weighted by Gasteiger charge is -2.24. The molecule has 0 amide bonds. The third-order valence-electron chi connectivity index (χ3n) is 5.15. The first-order valence-corrected chi connectivity index (χ1v) is 10.8. The minimum atomic E-state index is -3.57. The minimum absolute atomic E-state index is 0.123. The molecular weight excluding hydrogens is 374 g/mol. The molecule has 1 saturated heterocycles. The number of nitrogens with zero attached hydrogens (tertiary/aromatic N) is 2. The van der Waals surface area contributed by atoms with Crippen molar-refractivity contribution in [3.63, 3.8) is 0 Å². The molecule has 146 valence electrons. The number of aromatic nitrogens is 1. The van der Waals surface area contributed by atoms with Gasteiger partial charge in [0, 0.05) is 25.2 Å². The topological polar surface area (TPSA) is 71.5 Å². The van der Waals surface area contributed by atoms with Crippen LogP contribution in [0, 0.1) is 0 Å². The highest BCUT2D eigenvalue weighted by Gasteiger charge is 2.43. The molecule has 1 aromatic heterocycles. The molecule has 0 saturated carbocycles. The summed E-state index contributed by atoms with van der Waals surface area (Å²) in [5, 5.41) is 1.89. The van der Waals surface area contributed by atoms with Gasteiger partial charge in [0.05, 0.1) is 18.2 Å². The van der Waals surface area contributed by atoms with Gasteiger partial charge < -0.3 is 0 Å². The standard InChI is InChI=1S/C21H23N3O3S/c1-24-21(18-12-13-22-19-10-6-5-9-17(18)19)20(15-27-24)28(25,26)23-14-11-16-7-3-2-4-8-16/h2-10,12-13,20-21,23H,11,14-15H2,1H3. The Morgan fingerprint density at radius 1 is 1.11 bits per heavy atom. The Labute approximate surface area is 165 Å². The third kappa shape index (κ3) is 3.79. The fraction of sp³-hybridized carbons (Fsp3) is 0.286. The molecule has 2 heterocycles. The highest BCUT2D eigenvalue weighted by Crippen LogP contribution is 2.36. The Kier molecular flexibility index (Phi) is 5.41. The Morgan fingerprint density at radius 2 is 1.86 bits per heavy atom. The number of hydroxylamine groups is 2. The number of benzene rings is 2. The number of hydrogen-bond donors (Lipinski definition) is 1. The lowest BCUT2D eigenvalue weighted by Crippen LogP contribution is -2.40. The van der Waals surface area contributed by atoms with E-state index in [1.54, 1.807) is 18.3 Å². The van der Waals surface area contributed by atoms with Crippen molar-refractivity contribution in [3.05, 3.63) is 78.0 Å². The number of sulfonamides is 1. The highest BCUT2D eigenvalue weighted by atomic mass is 32.2. The quantitative estimate of drug-likeness (QED) is 0.692. The van der Waals surface area contributed by atoms with Crippen LogP contribution in [0.4, 0.5) is 0 Å². The van der Waals surface area contributed by atoms with Crippen LogP contribution in [0.5, 0.6) is 0 Å². The molecule has 1 N–H and O–H groups in total. The molecule has 2 unspecified atom stereocenters. The summed E-state index contributed by atoms with van der Waals surface area (Å²) in [5.41, 5.74) is 2.85. The van der Waals surface area contributed by atoms with E-state index in [9.17, 15) is 8.42 Å². The van der Waals surface area contributed by atoms with E-state index in [1.165, 1.54) is 0 Å². The third-order valence-corrected chi connectivity index (χ3v) is 6.94. The van der Waals surface area contributed by atoms with Gasteiger partial charge in [0.15, 0.2) is 0 Å². The molecule has 2 atom stereocenters. The Hall–Kier alpha value is -2.32. The maximum absolute atomic E-state index is 13.1. The summed E-state index contributed by atoms with van der Waals surface area (Å²) in [6.45, 7) is 0.481. The zero-order valence-electron chi connectivity index (χ0n) is 15.7. The summed E-state index contributed by atoms with van der Waals surface area (Å²) in [7, 11) is -1.79. The van der Waals surface area contributed by atoms with Crippen molar-refractivity contribution in [2.45, 2.75) is 17.7 Å². The molecule has 28 heavy (non-hydrogen) atoms. The molecule has 0 radical (unpaired) electrons. The first-order valence-electron chi connectivity index (χ1n) is 9.28.